The average molecular weight is 412 g/mol. The highest BCUT2D eigenvalue weighted by Gasteiger charge is 2.18. The number of hydrogen-bond donors (Lipinski definition) is 0. The molecule has 0 amide bonds. The second-order valence-corrected chi connectivity index (χ2v) is 7.29. The summed E-state index contributed by atoms with van der Waals surface area (Å²) in [5.74, 6) is -0.612. The molecule has 0 saturated carbocycles. The van der Waals surface area contributed by atoms with Gasteiger partial charge in [0.2, 0.25) is 0 Å². The monoisotopic (exact) mass is 411 g/mol. The van der Waals surface area contributed by atoms with Crippen LogP contribution in [0.2, 0.25) is 5.02 Å². The smallest absolute Gasteiger partial charge is 0.359 e. The van der Waals surface area contributed by atoms with E-state index < -0.39 is 5.97 Å². The maximum Gasteiger partial charge on any atom is 0.359 e. The number of aromatic nitrogens is 3. The highest BCUT2D eigenvalue weighted by atomic mass is 35.5. The minimum atomic E-state index is -0.612. The molecule has 0 aliphatic carbocycles. The van der Waals surface area contributed by atoms with E-state index in [4.69, 9.17) is 16.3 Å². The Morgan fingerprint density at radius 3 is 2.64 bits per heavy atom. The zero-order chi connectivity index (χ0) is 19.7. The Bertz CT molecular complexity index is 1250. The summed E-state index contributed by atoms with van der Waals surface area (Å²) in [5.41, 5.74) is 1.27. The van der Waals surface area contributed by atoms with Gasteiger partial charge in [0.05, 0.1) is 16.1 Å². The first kappa shape index (κ1) is 18.3. The lowest BCUT2D eigenvalue weighted by Gasteiger charge is -2.07. The second kappa shape index (κ2) is 7.53. The van der Waals surface area contributed by atoms with Crippen molar-refractivity contribution in [2.75, 3.05) is 0 Å². The number of aryl methyl sites for hydroxylation is 1. The molecule has 0 radical (unpaired) electrons. The van der Waals surface area contributed by atoms with Gasteiger partial charge >= 0.3 is 5.97 Å². The average Bonchev–Trinajstić information content (AvgIpc) is 3.18. The first-order chi connectivity index (χ1) is 13.5. The number of nitrogens with zero attached hydrogens (tertiary/aromatic N) is 3. The highest BCUT2D eigenvalue weighted by Crippen LogP contribution is 2.30. The van der Waals surface area contributed by atoms with Crippen LogP contribution in [0.25, 0.3) is 21.3 Å². The van der Waals surface area contributed by atoms with E-state index >= 15 is 0 Å². The molecule has 28 heavy (non-hydrogen) atoms. The highest BCUT2D eigenvalue weighted by molar-refractivity contribution is 7.13. The molecule has 4 aromatic rings. The van der Waals surface area contributed by atoms with Gasteiger partial charge in [0.1, 0.15) is 11.6 Å². The van der Waals surface area contributed by atoms with Crippen LogP contribution in [0.15, 0.2) is 58.7 Å². The summed E-state index contributed by atoms with van der Waals surface area (Å²) in [5, 5.41) is 8.14. The van der Waals surface area contributed by atoms with E-state index in [9.17, 15) is 9.59 Å². The molecule has 6 nitrogen and oxygen atoms in total. The van der Waals surface area contributed by atoms with Crippen molar-refractivity contribution in [3.05, 3.63) is 80.7 Å². The molecule has 140 valence electrons. The summed E-state index contributed by atoms with van der Waals surface area (Å²) < 4.78 is 6.53. The second-order valence-electron chi connectivity index (χ2n) is 6.02. The Morgan fingerprint density at radius 2 is 1.86 bits per heavy atom. The van der Waals surface area contributed by atoms with Crippen molar-refractivity contribution < 1.29 is 9.53 Å². The van der Waals surface area contributed by atoms with Gasteiger partial charge in [-0.15, -0.1) is 11.3 Å². The van der Waals surface area contributed by atoms with Gasteiger partial charge < -0.3 is 4.74 Å². The van der Waals surface area contributed by atoms with Crippen LogP contribution in [0.4, 0.5) is 0 Å². The molecule has 2 aromatic carbocycles. The molecule has 0 atom stereocenters. The van der Waals surface area contributed by atoms with Gasteiger partial charge in [0.15, 0.2) is 5.69 Å². The number of halogens is 1. The maximum atomic E-state index is 12.6. The molecule has 0 fully saturated rings. The quantitative estimate of drug-likeness (QED) is 0.473. The van der Waals surface area contributed by atoms with E-state index in [0.717, 1.165) is 15.3 Å². The number of rotatable bonds is 4. The van der Waals surface area contributed by atoms with E-state index in [-0.39, 0.29) is 17.9 Å². The van der Waals surface area contributed by atoms with Crippen molar-refractivity contribution in [3.8, 4) is 10.6 Å². The van der Waals surface area contributed by atoms with Gasteiger partial charge in [0, 0.05) is 23.4 Å². The summed E-state index contributed by atoms with van der Waals surface area (Å²) >= 11 is 7.63. The molecule has 0 spiro atoms. The van der Waals surface area contributed by atoms with Crippen molar-refractivity contribution in [3.63, 3.8) is 0 Å². The zero-order valence-corrected chi connectivity index (χ0v) is 16.3. The first-order valence-corrected chi connectivity index (χ1v) is 9.63. The molecule has 0 aliphatic rings. The number of ether oxygens (including phenoxy) is 1. The Kier molecular flexibility index (Phi) is 4.93. The molecule has 2 heterocycles. The summed E-state index contributed by atoms with van der Waals surface area (Å²) in [6.07, 6.45) is 0. The van der Waals surface area contributed by atoms with E-state index in [1.54, 1.807) is 30.3 Å². The van der Waals surface area contributed by atoms with E-state index in [1.807, 2.05) is 23.6 Å². The summed E-state index contributed by atoms with van der Waals surface area (Å²) in [4.78, 5) is 29.2. The van der Waals surface area contributed by atoms with Gasteiger partial charge in [-0.3, -0.25) is 4.79 Å². The Hall–Kier alpha value is -3.03. The predicted octanol–water partition coefficient (Wildman–Crippen LogP) is 4.07. The molecule has 2 aromatic heterocycles. The van der Waals surface area contributed by atoms with Crippen molar-refractivity contribution in [2.45, 2.75) is 6.61 Å². The number of hydrogen-bond acceptors (Lipinski definition) is 6. The standard InChI is InChI=1S/C20H14ClN3O3S/c1-24-19(25)14-7-3-2-6-13(14)17(23-24)20(26)27-10-12-11-28-18(22-12)15-8-4-5-9-16(15)21/h2-9,11H,10H2,1H3. The van der Waals surface area contributed by atoms with Crippen LogP contribution in [0.3, 0.4) is 0 Å². The van der Waals surface area contributed by atoms with Crippen LogP contribution in [-0.4, -0.2) is 20.7 Å². The molecule has 0 aliphatic heterocycles. The lowest BCUT2D eigenvalue weighted by molar-refractivity contribution is 0.0461. The van der Waals surface area contributed by atoms with Crippen LogP contribution < -0.4 is 5.56 Å². The molecule has 0 bridgehead atoms. The molecule has 0 saturated heterocycles. The molecular weight excluding hydrogens is 398 g/mol. The van der Waals surface area contributed by atoms with Crippen LogP contribution in [0, 0.1) is 0 Å². The molecule has 0 N–H and O–H groups in total. The third-order valence-electron chi connectivity index (χ3n) is 4.16. The summed E-state index contributed by atoms with van der Waals surface area (Å²) in [7, 11) is 1.50. The lowest BCUT2D eigenvalue weighted by Crippen LogP contribution is -2.23. The minimum absolute atomic E-state index is 0.00136. The van der Waals surface area contributed by atoms with Gasteiger partial charge in [-0.05, 0) is 12.1 Å². The fraction of sp³-hybridized carbons (Fsp3) is 0.100. The lowest BCUT2D eigenvalue weighted by atomic mass is 10.1. The van der Waals surface area contributed by atoms with Gasteiger partial charge in [-0.25, -0.2) is 14.5 Å². The van der Waals surface area contributed by atoms with Crippen molar-refractivity contribution >= 4 is 39.7 Å². The van der Waals surface area contributed by atoms with Crippen molar-refractivity contribution in [2.24, 2.45) is 7.05 Å². The number of esters is 1. The van der Waals surface area contributed by atoms with Crippen LogP contribution in [-0.2, 0) is 18.4 Å². The first-order valence-electron chi connectivity index (χ1n) is 8.37. The molecule has 0 unspecified atom stereocenters. The summed E-state index contributed by atoms with van der Waals surface area (Å²) in [6, 6.07) is 14.3. The molecule has 8 heteroatoms. The normalized spacial score (nSPS) is 10.9. The maximum absolute atomic E-state index is 12.6. The minimum Gasteiger partial charge on any atom is -0.454 e. The Labute approximate surface area is 169 Å². The number of carbonyl (C=O) groups is 1. The number of carbonyl (C=O) groups excluding carboxylic acids is 1. The van der Waals surface area contributed by atoms with Crippen molar-refractivity contribution in [1.29, 1.82) is 0 Å². The van der Waals surface area contributed by atoms with Crippen LogP contribution in [0.1, 0.15) is 16.2 Å². The van der Waals surface area contributed by atoms with Crippen molar-refractivity contribution in [1.82, 2.24) is 14.8 Å². The van der Waals surface area contributed by atoms with E-state index in [2.05, 4.69) is 10.1 Å². The topological polar surface area (TPSA) is 74.1 Å². The largest absolute Gasteiger partial charge is 0.454 e. The van der Waals surface area contributed by atoms with Crippen LogP contribution in [0.5, 0.6) is 0 Å². The number of thiazole rings is 1. The van der Waals surface area contributed by atoms with Gasteiger partial charge in [-0.2, -0.15) is 5.10 Å². The number of fused-ring (bicyclic) bond motifs is 1. The fourth-order valence-electron chi connectivity index (χ4n) is 2.79. The summed E-state index contributed by atoms with van der Waals surface area (Å²) in [6.45, 7) is -0.00136. The Morgan fingerprint density at radius 1 is 1.14 bits per heavy atom. The molecular formula is C20H14ClN3O3S. The SMILES string of the molecule is Cn1nc(C(=O)OCc2csc(-c3ccccc3Cl)n2)c2ccccc2c1=O. The fourth-order valence-corrected chi connectivity index (χ4v) is 3.91. The number of benzene rings is 2. The molecule has 4 rings (SSSR count). The van der Waals surface area contributed by atoms with E-state index in [1.165, 1.54) is 18.4 Å². The van der Waals surface area contributed by atoms with Gasteiger partial charge in [-0.1, -0.05) is 48.0 Å². The van der Waals surface area contributed by atoms with E-state index in [0.29, 0.717) is 21.5 Å². The van der Waals surface area contributed by atoms with Crippen LogP contribution >= 0.6 is 22.9 Å². The Balaban J connectivity index is 1.56. The third kappa shape index (κ3) is 3.42. The van der Waals surface area contributed by atoms with Gasteiger partial charge in [0.25, 0.3) is 5.56 Å². The predicted molar refractivity (Wildman–Crippen MR) is 109 cm³/mol. The third-order valence-corrected chi connectivity index (χ3v) is 5.41. The zero-order valence-electron chi connectivity index (χ0n) is 14.8.